The van der Waals surface area contributed by atoms with Crippen LogP contribution in [0.2, 0.25) is 0 Å². The number of nitrogens with one attached hydrogen (secondary N) is 1. The van der Waals surface area contributed by atoms with Crippen LogP contribution >= 0.6 is 0 Å². The van der Waals surface area contributed by atoms with E-state index in [4.69, 9.17) is 4.74 Å². The summed E-state index contributed by atoms with van der Waals surface area (Å²) in [6, 6.07) is 15.0. The van der Waals surface area contributed by atoms with Gasteiger partial charge in [0.25, 0.3) is 5.91 Å². The van der Waals surface area contributed by atoms with Crippen molar-refractivity contribution in [1.82, 2.24) is 4.90 Å². The molecule has 1 N–H and O–H groups in total. The molecule has 0 saturated carbocycles. The second-order valence-electron chi connectivity index (χ2n) is 6.56. The largest absolute Gasteiger partial charge is 0.483 e. The average molecular weight is 352 g/mol. The van der Waals surface area contributed by atoms with Gasteiger partial charge in [0, 0.05) is 18.8 Å². The third-order valence-corrected chi connectivity index (χ3v) is 4.50. The Bertz CT molecular complexity index is 765. The van der Waals surface area contributed by atoms with E-state index in [2.05, 4.69) is 5.32 Å². The average Bonchev–Trinajstić information content (AvgIpc) is 3.17. The molecule has 0 bridgehead atoms. The molecule has 2 aromatic carbocycles. The predicted octanol–water partition coefficient (Wildman–Crippen LogP) is 3.18. The smallest absolute Gasteiger partial charge is 0.262 e. The van der Waals surface area contributed by atoms with Gasteiger partial charge in [-0.1, -0.05) is 30.3 Å². The highest BCUT2D eigenvalue weighted by atomic mass is 16.5. The maximum Gasteiger partial charge on any atom is 0.262 e. The van der Waals surface area contributed by atoms with Crippen molar-refractivity contribution < 1.29 is 14.3 Å². The van der Waals surface area contributed by atoms with E-state index in [9.17, 15) is 9.59 Å². The zero-order chi connectivity index (χ0) is 18.4. The van der Waals surface area contributed by atoms with Crippen LogP contribution in [0.4, 0.5) is 5.69 Å². The molecule has 0 spiro atoms. The lowest BCUT2D eigenvalue weighted by atomic mass is 10.1. The van der Waals surface area contributed by atoms with Gasteiger partial charge in [-0.15, -0.1) is 0 Å². The lowest BCUT2D eigenvalue weighted by molar-refractivity contribution is -0.129. The molecule has 0 atom stereocenters. The summed E-state index contributed by atoms with van der Waals surface area (Å²) in [4.78, 5) is 26.1. The molecule has 0 aromatic heterocycles. The molecule has 1 aliphatic rings. The first-order chi connectivity index (χ1) is 12.6. The number of aryl methyl sites for hydroxylation is 1. The summed E-state index contributed by atoms with van der Waals surface area (Å²) in [5, 5.41) is 2.81. The van der Waals surface area contributed by atoms with E-state index in [1.807, 2.05) is 60.4 Å². The van der Waals surface area contributed by atoms with E-state index in [0.717, 1.165) is 37.1 Å². The molecule has 1 fully saturated rings. The fraction of sp³-hybridized carbons (Fsp3) is 0.333. The lowest BCUT2D eigenvalue weighted by Gasteiger charge is -2.15. The molecule has 2 aromatic rings. The number of ether oxygens (including phenoxy) is 1. The minimum Gasteiger partial charge on any atom is -0.483 e. The van der Waals surface area contributed by atoms with Gasteiger partial charge in [-0.25, -0.2) is 0 Å². The lowest BCUT2D eigenvalue weighted by Crippen LogP contribution is -2.29. The fourth-order valence-corrected chi connectivity index (χ4v) is 3.02. The monoisotopic (exact) mass is 352 g/mol. The van der Waals surface area contributed by atoms with Gasteiger partial charge in [0.1, 0.15) is 5.75 Å². The number of amides is 2. The van der Waals surface area contributed by atoms with E-state index in [-0.39, 0.29) is 18.4 Å². The molecule has 1 heterocycles. The van der Waals surface area contributed by atoms with Crippen LogP contribution in [0.1, 0.15) is 24.0 Å². The molecule has 26 heavy (non-hydrogen) atoms. The molecule has 0 radical (unpaired) electrons. The van der Waals surface area contributed by atoms with E-state index in [1.54, 1.807) is 0 Å². The van der Waals surface area contributed by atoms with Crippen LogP contribution in [0, 0.1) is 6.92 Å². The predicted molar refractivity (Wildman–Crippen MR) is 101 cm³/mol. The van der Waals surface area contributed by atoms with Gasteiger partial charge < -0.3 is 15.0 Å². The van der Waals surface area contributed by atoms with Gasteiger partial charge in [0.15, 0.2) is 6.61 Å². The number of benzene rings is 2. The van der Waals surface area contributed by atoms with E-state index < -0.39 is 0 Å². The highest BCUT2D eigenvalue weighted by molar-refractivity contribution is 5.92. The van der Waals surface area contributed by atoms with Crippen molar-refractivity contribution in [3.63, 3.8) is 0 Å². The Morgan fingerprint density at radius 1 is 1.04 bits per heavy atom. The van der Waals surface area contributed by atoms with Crippen LogP contribution in [-0.2, 0) is 16.0 Å². The second-order valence-corrected chi connectivity index (χ2v) is 6.56. The quantitative estimate of drug-likeness (QED) is 0.869. The third-order valence-electron chi connectivity index (χ3n) is 4.50. The number of carbonyl (C=O) groups excluding carboxylic acids is 2. The maximum absolute atomic E-state index is 12.2. The normalized spacial score (nSPS) is 13.5. The number of hydrogen-bond acceptors (Lipinski definition) is 3. The molecule has 136 valence electrons. The van der Waals surface area contributed by atoms with Crippen molar-refractivity contribution in [2.75, 3.05) is 25.0 Å². The number of para-hydroxylation sites is 1. The summed E-state index contributed by atoms with van der Waals surface area (Å²) >= 11 is 0. The van der Waals surface area contributed by atoms with E-state index >= 15 is 0 Å². The van der Waals surface area contributed by atoms with Crippen molar-refractivity contribution in [2.24, 2.45) is 0 Å². The van der Waals surface area contributed by atoms with Crippen molar-refractivity contribution in [3.05, 3.63) is 59.7 Å². The van der Waals surface area contributed by atoms with Crippen LogP contribution in [0.3, 0.4) is 0 Å². The van der Waals surface area contributed by atoms with Crippen molar-refractivity contribution in [2.45, 2.75) is 26.2 Å². The zero-order valence-electron chi connectivity index (χ0n) is 15.0. The molecule has 1 saturated heterocycles. The van der Waals surface area contributed by atoms with Gasteiger partial charge in [-0.3, -0.25) is 9.59 Å². The van der Waals surface area contributed by atoms with Crippen molar-refractivity contribution >= 4 is 17.5 Å². The first-order valence-electron chi connectivity index (χ1n) is 8.97. The standard InChI is InChI=1S/C21H24N2O3/c1-16-6-2-3-7-19(16)26-15-20(24)22-18-10-8-17(9-11-18)14-21(25)23-12-4-5-13-23/h2-3,6-11H,4-5,12-15H2,1H3,(H,22,24). The molecule has 5 heteroatoms. The van der Waals surface area contributed by atoms with E-state index in [0.29, 0.717) is 17.9 Å². The van der Waals surface area contributed by atoms with Crippen LogP contribution < -0.4 is 10.1 Å². The Morgan fingerprint density at radius 3 is 2.42 bits per heavy atom. The summed E-state index contributed by atoms with van der Waals surface area (Å²) in [6.45, 7) is 3.64. The van der Waals surface area contributed by atoms with Gasteiger partial charge in [-0.05, 0) is 49.1 Å². The Hall–Kier alpha value is -2.82. The third kappa shape index (κ3) is 4.85. The first-order valence-corrected chi connectivity index (χ1v) is 8.97. The first kappa shape index (κ1) is 18.0. The second kappa shape index (κ2) is 8.52. The van der Waals surface area contributed by atoms with E-state index in [1.165, 1.54) is 0 Å². The molecule has 0 unspecified atom stereocenters. The maximum atomic E-state index is 12.2. The topological polar surface area (TPSA) is 58.6 Å². The van der Waals surface area contributed by atoms with Gasteiger partial charge >= 0.3 is 0 Å². The van der Waals surface area contributed by atoms with Crippen LogP contribution in [-0.4, -0.2) is 36.4 Å². The number of nitrogens with zero attached hydrogens (tertiary/aromatic N) is 1. The summed E-state index contributed by atoms with van der Waals surface area (Å²) in [6.07, 6.45) is 2.60. The van der Waals surface area contributed by atoms with Gasteiger partial charge in [-0.2, -0.15) is 0 Å². The van der Waals surface area contributed by atoms with Crippen molar-refractivity contribution in [1.29, 1.82) is 0 Å². The van der Waals surface area contributed by atoms with Gasteiger partial charge in [0.05, 0.1) is 6.42 Å². The molecule has 1 aliphatic heterocycles. The van der Waals surface area contributed by atoms with Crippen LogP contribution in [0.15, 0.2) is 48.5 Å². The minimum absolute atomic E-state index is 0.0416. The Kier molecular flexibility index (Phi) is 5.89. The molecule has 0 aliphatic carbocycles. The summed E-state index contributed by atoms with van der Waals surface area (Å²) in [5.74, 6) is 0.665. The summed E-state index contributed by atoms with van der Waals surface area (Å²) < 4.78 is 5.54. The Balaban J connectivity index is 1.48. The number of rotatable bonds is 6. The number of hydrogen-bond donors (Lipinski definition) is 1. The number of likely N-dealkylation sites (tertiary alicyclic amines) is 1. The Labute approximate surface area is 154 Å². The molecule has 5 nitrogen and oxygen atoms in total. The molecule has 3 rings (SSSR count). The molecular formula is C21H24N2O3. The number of carbonyl (C=O) groups is 2. The zero-order valence-corrected chi connectivity index (χ0v) is 15.0. The number of anilines is 1. The fourth-order valence-electron chi connectivity index (χ4n) is 3.02. The summed E-state index contributed by atoms with van der Waals surface area (Å²) in [7, 11) is 0. The summed E-state index contributed by atoms with van der Waals surface area (Å²) in [5.41, 5.74) is 2.64. The molecule has 2 amide bonds. The van der Waals surface area contributed by atoms with Gasteiger partial charge in [0.2, 0.25) is 5.91 Å². The highest BCUT2D eigenvalue weighted by Crippen LogP contribution is 2.17. The molecular weight excluding hydrogens is 328 g/mol. The minimum atomic E-state index is -0.214. The SMILES string of the molecule is Cc1ccccc1OCC(=O)Nc1ccc(CC(=O)N2CCCC2)cc1. The van der Waals surface area contributed by atoms with Crippen LogP contribution in [0.5, 0.6) is 5.75 Å². The van der Waals surface area contributed by atoms with Crippen molar-refractivity contribution in [3.8, 4) is 5.75 Å². The van der Waals surface area contributed by atoms with Crippen LogP contribution in [0.25, 0.3) is 0 Å². The highest BCUT2D eigenvalue weighted by Gasteiger charge is 2.17. The Morgan fingerprint density at radius 2 is 1.73 bits per heavy atom.